The molecule has 1 atom stereocenters. The van der Waals surface area contributed by atoms with E-state index in [0.29, 0.717) is 13.2 Å². The Morgan fingerprint density at radius 3 is 2.42 bits per heavy atom. The predicted molar refractivity (Wildman–Crippen MR) is 99.5 cm³/mol. The summed E-state index contributed by atoms with van der Waals surface area (Å²) in [6.45, 7) is 5.32. The first-order valence-corrected chi connectivity index (χ1v) is 8.93. The number of ether oxygens (including phenoxy) is 2. The number of rotatable bonds is 10. The van der Waals surface area contributed by atoms with Gasteiger partial charge in [-0.15, -0.1) is 0 Å². The van der Waals surface area contributed by atoms with Crippen molar-refractivity contribution in [1.82, 2.24) is 0 Å². The average Bonchev–Trinajstić information content (AvgIpc) is 2.62. The molecule has 0 radical (unpaired) electrons. The molecule has 0 aromatic heterocycles. The molecule has 0 unspecified atom stereocenters. The van der Waals surface area contributed by atoms with Crippen molar-refractivity contribution in [3.8, 4) is 11.5 Å². The highest BCUT2D eigenvalue weighted by Gasteiger charge is 2.11. The summed E-state index contributed by atoms with van der Waals surface area (Å²) in [5, 5.41) is 0. The van der Waals surface area contributed by atoms with Crippen LogP contribution in [0.4, 0.5) is 0 Å². The van der Waals surface area contributed by atoms with Crippen LogP contribution >= 0.6 is 0 Å². The van der Waals surface area contributed by atoms with Gasteiger partial charge in [0.25, 0.3) is 0 Å². The molecule has 0 saturated heterocycles. The van der Waals surface area contributed by atoms with E-state index in [9.17, 15) is 0 Å². The second-order valence-electron chi connectivity index (χ2n) is 6.02. The van der Waals surface area contributed by atoms with E-state index in [1.54, 1.807) is 0 Å². The molecular formula is C21H29NO2. The number of benzene rings is 2. The van der Waals surface area contributed by atoms with Gasteiger partial charge in [-0.05, 0) is 36.6 Å². The second-order valence-corrected chi connectivity index (χ2v) is 6.02. The van der Waals surface area contributed by atoms with E-state index in [4.69, 9.17) is 15.2 Å². The summed E-state index contributed by atoms with van der Waals surface area (Å²) in [6, 6.07) is 16.3. The highest BCUT2D eigenvalue weighted by molar-refractivity contribution is 5.44. The van der Waals surface area contributed by atoms with Gasteiger partial charge in [0, 0.05) is 6.04 Å². The summed E-state index contributed by atoms with van der Waals surface area (Å²) in [5.74, 6) is 1.54. The Labute approximate surface area is 145 Å². The molecule has 0 aliphatic rings. The molecule has 24 heavy (non-hydrogen) atoms. The lowest BCUT2D eigenvalue weighted by molar-refractivity contribution is 0.269. The molecule has 0 aliphatic carbocycles. The maximum Gasteiger partial charge on any atom is 0.161 e. The molecule has 3 nitrogen and oxygen atoms in total. The molecule has 0 bridgehead atoms. The first kappa shape index (κ1) is 18.3. The average molecular weight is 327 g/mol. The van der Waals surface area contributed by atoms with Crippen LogP contribution in [0.15, 0.2) is 48.5 Å². The van der Waals surface area contributed by atoms with Crippen LogP contribution in [0.25, 0.3) is 0 Å². The van der Waals surface area contributed by atoms with Crippen molar-refractivity contribution in [2.24, 2.45) is 5.73 Å². The number of hydrogen-bond donors (Lipinski definition) is 1. The van der Waals surface area contributed by atoms with E-state index in [1.165, 1.54) is 12.8 Å². The smallest absolute Gasteiger partial charge is 0.161 e. The van der Waals surface area contributed by atoms with Crippen molar-refractivity contribution < 1.29 is 9.47 Å². The zero-order valence-electron chi connectivity index (χ0n) is 14.8. The van der Waals surface area contributed by atoms with Crippen molar-refractivity contribution >= 4 is 0 Å². The Kier molecular flexibility index (Phi) is 7.63. The quantitative estimate of drug-likeness (QED) is 0.607. The predicted octanol–water partition coefficient (Wildman–Crippen LogP) is 5.24. The molecule has 2 aromatic carbocycles. The number of unbranched alkanes of at least 4 members (excludes halogenated alkanes) is 2. The monoisotopic (exact) mass is 327 g/mol. The van der Waals surface area contributed by atoms with Crippen LogP contribution in [0.1, 0.15) is 56.7 Å². The molecule has 130 valence electrons. The Balaban J connectivity index is 2.05. The molecule has 2 N–H and O–H groups in total. The van der Waals surface area contributed by atoms with Crippen molar-refractivity contribution in [2.75, 3.05) is 6.61 Å². The second kappa shape index (κ2) is 9.99. The standard InChI is InChI=1S/C21H29NO2/c1-3-5-7-12-19(22)18-13-14-20(21(15-18)23-4-2)24-16-17-10-8-6-9-11-17/h6,8-11,13-15,19H,3-5,7,12,16,22H2,1-2H3/t19-/m1/s1. The highest BCUT2D eigenvalue weighted by Crippen LogP contribution is 2.32. The van der Waals surface area contributed by atoms with Crippen LogP contribution in [-0.4, -0.2) is 6.61 Å². The first-order chi connectivity index (χ1) is 11.7. The SMILES string of the molecule is CCCCC[C@@H](N)c1ccc(OCc2ccccc2)c(OCC)c1. The molecular weight excluding hydrogens is 298 g/mol. The maximum absolute atomic E-state index is 6.32. The summed E-state index contributed by atoms with van der Waals surface area (Å²) in [5.41, 5.74) is 8.57. The topological polar surface area (TPSA) is 44.5 Å². The van der Waals surface area contributed by atoms with Crippen LogP contribution in [0.3, 0.4) is 0 Å². The zero-order chi connectivity index (χ0) is 17.2. The maximum atomic E-state index is 6.32. The van der Waals surface area contributed by atoms with Crippen molar-refractivity contribution in [2.45, 2.75) is 52.2 Å². The van der Waals surface area contributed by atoms with E-state index in [2.05, 4.69) is 25.1 Å². The lowest BCUT2D eigenvalue weighted by atomic mass is 10.0. The summed E-state index contributed by atoms with van der Waals surface area (Å²) in [7, 11) is 0. The lowest BCUT2D eigenvalue weighted by Gasteiger charge is -2.17. The van der Waals surface area contributed by atoms with Gasteiger partial charge in [0.05, 0.1) is 6.61 Å². The minimum atomic E-state index is 0.0546. The third-order valence-electron chi connectivity index (χ3n) is 4.05. The Morgan fingerprint density at radius 1 is 0.917 bits per heavy atom. The molecule has 0 amide bonds. The highest BCUT2D eigenvalue weighted by atomic mass is 16.5. The van der Waals surface area contributed by atoms with Gasteiger partial charge in [-0.1, -0.05) is 62.6 Å². The number of nitrogens with two attached hydrogens (primary N) is 1. The summed E-state index contributed by atoms with van der Waals surface area (Å²) in [6.07, 6.45) is 4.60. The van der Waals surface area contributed by atoms with Gasteiger partial charge in [0.2, 0.25) is 0 Å². The molecule has 0 aliphatic heterocycles. The van der Waals surface area contributed by atoms with Crippen molar-refractivity contribution in [3.63, 3.8) is 0 Å². The molecule has 3 heteroatoms. The van der Waals surface area contributed by atoms with Crippen molar-refractivity contribution in [1.29, 1.82) is 0 Å². The summed E-state index contributed by atoms with van der Waals surface area (Å²) >= 11 is 0. The fourth-order valence-electron chi connectivity index (χ4n) is 2.66. The third kappa shape index (κ3) is 5.57. The molecule has 0 spiro atoms. The lowest BCUT2D eigenvalue weighted by Crippen LogP contribution is -2.10. The van der Waals surface area contributed by atoms with E-state index in [1.807, 2.05) is 37.3 Å². The van der Waals surface area contributed by atoms with Gasteiger partial charge in [-0.2, -0.15) is 0 Å². The third-order valence-corrected chi connectivity index (χ3v) is 4.05. The largest absolute Gasteiger partial charge is 0.490 e. The fourth-order valence-corrected chi connectivity index (χ4v) is 2.66. The molecule has 2 rings (SSSR count). The molecule has 0 fully saturated rings. The minimum absolute atomic E-state index is 0.0546. The minimum Gasteiger partial charge on any atom is -0.490 e. The van der Waals surface area contributed by atoms with E-state index in [0.717, 1.165) is 35.5 Å². The van der Waals surface area contributed by atoms with Gasteiger partial charge in [-0.25, -0.2) is 0 Å². The van der Waals surface area contributed by atoms with Gasteiger partial charge in [0.1, 0.15) is 6.61 Å². The molecule has 2 aromatic rings. The van der Waals surface area contributed by atoms with Crippen LogP contribution in [0, 0.1) is 0 Å². The molecule has 0 saturated carbocycles. The molecule has 0 heterocycles. The van der Waals surface area contributed by atoms with Crippen molar-refractivity contribution in [3.05, 3.63) is 59.7 Å². The first-order valence-electron chi connectivity index (χ1n) is 8.93. The normalized spacial score (nSPS) is 12.0. The fraction of sp³-hybridized carbons (Fsp3) is 0.429. The summed E-state index contributed by atoms with van der Waals surface area (Å²) < 4.78 is 11.7. The van der Waals surface area contributed by atoms with E-state index in [-0.39, 0.29) is 6.04 Å². The Morgan fingerprint density at radius 2 is 1.71 bits per heavy atom. The van der Waals surface area contributed by atoms with Gasteiger partial charge >= 0.3 is 0 Å². The van der Waals surface area contributed by atoms with E-state index < -0.39 is 0 Å². The van der Waals surface area contributed by atoms with Crippen LogP contribution in [0.5, 0.6) is 11.5 Å². The Hall–Kier alpha value is -2.00. The van der Waals surface area contributed by atoms with E-state index >= 15 is 0 Å². The number of hydrogen-bond acceptors (Lipinski definition) is 3. The zero-order valence-corrected chi connectivity index (χ0v) is 14.8. The summed E-state index contributed by atoms with van der Waals surface area (Å²) in [4.78, 5) is 0. The van der Waals surface area contributed by atoms with Crippen LogP contribution in [0.2, 0.25) is 0 Å². The van der Waals surface area contributed by atoms with Gasteiger partial charge < -0.3 is 15.2 Å². The Bertz CT molecular complexity index is 598. The van der Waals surface area contributed by atoms with Crippen LogP contribution in [-0.2, 0) is 6.61 Å². The van der Waals surface area contributed by atoms with Gasteiger partial charge in [0.15, 0.2) is 11.5 Å². The van der Waals surface area contributed by atoms with Crippen LogP contribution < -0.4 is 15.2 Å². The van der Waals surface area contributed by atoms with Gasteiger partial charge in [-0.3, -0.25) is 0 Å².